The predicted molar refractivity (Wildman–Crippen MR) is 59.7 cm³/mol. The molecule has 2 fully saturated rings. The summed E-state index contributed by atoms with van der Waals surface area (Å²) in [5.41, 5.74) is 8.26. The summed E-state index contributed by atoms with van der Waals surface area (Å²) in [5, 5.41) is 3.60. The van der Waals surface area contributed by atoms with E-state index in [1.54, 1.807) is 0 Å². The van der Waals surface area contributed by atoms with E-state index in [9.17, 15) is 4.79 Å². The first-order valence-electron chi connectivity index (χ1n) is 5.72. The first-order valence-corrected chi connectivity index (χ1v) is 5.72. The fourth-order valence-electron chi connectivity index (χ4n) is 2.41. The molecule has 0 saturated carbocycles. The summed E-state index contributed by atoms with van der Waals surface area (Å²) in [5.74, 6) is 0.377. The lowest BCUT2D eigenvalue weighted by Gasteiger charge is -2.40. The number of rotatable bonds is 2. The molecule has 2 rings (SSSR count). The zero-order chi connectivity index (χ0) is 11.5. The van der Waals surface area contributed by atoms with E-state index in [1.807, 2.05) is 4.90 Å². The Hall–Kier alpha value is -1.26. The quantitative estimate of drug-likeness (QED) is 0.395. The van der Waals surface area contributed by atoms with Crippen molar-refractivity contribution >= 4 is 5.91 Å². The third-order valence-electron chi connectivity index (χ3n) is 3.36. The molecule has 6 nitrogen and oxygen atoms in total. The van der Waals surface area contributed by atoms with Crippen molar-refractivity contribution in [3.8, 4) is 0 Å². The highest BCUT2D eigenvalue weighted by molar-refractivity contribution is 5.80. The Kier molecular flexibility index (Phi) is 3.31. The number of likely N-dealkylation sites (tertiary alicyclic amines) is 2. The summed E-state index contributed by atoms with van der Waals surface area (Å²) in [7, 11) is 2.05. The molecule has 0 radical (unpaired) electrons. The summed E-state index contributed by atoms with van der Waals surface area (Å²) < 4.78 is 0. The van der Waals surface area contributed by atoms with E-state index >= 15 is 0 Å². The monoisotopic (exact) mass is 223 g/mol. The summed E-state index contributed by atoms with van der Waals surface area (Å²) >= 11 is 0. The Morgan fingerprint density at radius 1 is 1.44 bits per heavy atom. The van der Waals surface area contributed by atoms with Crippen LogP contribution in [-0.2, 0) is 4.79 Å². The van der Waals surface area contributed by atoms with E-state index < -0.39 is 0 Å². The lowest BCUT2D eigenvalue weighted by molar-refractivity contribution is -0.141. The molecule has 88 valence electrons. The third kappa shape index (κ3) is 2.28. The van der Waals surface area contributed by atoms with Crippen molar-refractivity contribution in [3.05, 3.63) is 10.4 Å². The van der Waals surface area contributed by atoms with Crippen molar-refractivity contribution in [3.63, 3.8) is 0 Å². The second-order valence-electron chi connectivity index (χ2n) is 4.70. The number of amides is 1. The summed E-state index contributed by atoms with van der Waals surface area (Å²) in [4.78, 5) is 18.8. The number of piperidine rings is 1. The van der Waals surface area contributed by atoms with Gasteiger partial charge >= 0.3 is 0 Å². The molecule has 0 aliphatic carbocycles. The molecule has 0 unspecified atom stereocenters. The maximum absolute atomic E-state index is 12.0. The lowest BCUT2D eigenvalue weighted by atomic mass is 9.95. The van der Waals surface area contributed by atoms with Gasteiger partial charge in [0.25, 0.3) is 0 Å². The number of carbonyl (C=O) groups is 1. The molecular weight excluding hydrogens is 206 g/mol. The van der Waals surface area contributed by atoms with E-state index in [1.165, 1.54) is 0 Å². The molecule has 2 aliphatic rings. The fraction of sp³-hybridized carbons (Fsp3) is 0.900. The number of hydrogen-bond acceptors (Lipinski definition) is 3. The first-order chi connectivity index (χ1) is 7.70. The Morgan fingerprint density at radius 3 is 2.81 bits per heavy atom. The molecule has 2 heterocycles. The van der Waals surface area contributed by atoms with Gasteiger partial charge in [-0.1, -0.05) is 5.11 Å². The van der Waals surface area contributed by atoms with Crippen LogP contribution in [0.4, 0.5) is 0 Å². The molecule has 1 atom stereocenters. The number of nitrogens with zero attached hydrogens (tertiary/aromatic N) is 5. The molecule has 0 aromatic rings. The van der Waals surface area contributed by atoms with Gasteiger partial charge in [-0.3, -0.25) is 4.79 Å². The van der Waals surface area contributed by atoms with Crippen LogP contribution in [0.3, 0.4) is 0 Å². The van der Waals surface area contributed by atoms with Gasteiger partial charge in [0.15, 0.2) is 0 Å². The maximum atomic E-state index is 12.0. The molecule has 2 saturated heterocycles. The average molecular weight is 223 g/mol. The van der Waals surface area contributed by atoms with Crippen molar-refractivity contribution in [1.82, 2.24) is 9.80 Å². The van der Waals surface area contributed by atoms with Crippen LogP contribution in [0, 0.1) is 5.92 Å². The Bertz CT molecular complexity index is 319. The van der Waals surface area contributed by atoms with Gasteiger partial charge in [-0.15, -0.1) is 0 Å². The molecule has 2 aliphatic heterocycles. The molecule has 6 heteroatoms. The van der Waals surface area contributed by atoms with E-state index in [4.69, 9.17) is 5.53 Å². The van der Waals surface area contributed by atoms with Gasteiger partial charge in [0, 0.05) is 24.5 Å². The third-order valence-corrected chi connectivity index (χ3v) is 3.36. The van der Waals surface area contributed by atoms with E-state index in [-0.39, 0.29) is 17.9 Å². The SMILES string of the molecule is CN1CCC[C@H](C(=O)N2CC(N=[N+]=[N-])C2)C1. The van der Waals surface area contributed by atoms with Crippen molar-refractivity contribution < 1.29 is 4.79 Å². The summed E-state index contributed by atoms with van der Waals surface area (Å²) in [6, 6.07) is -0.00438. The van der Waals surface area contributed by atoms with Crippen LogP contribution in [0.15, 0.2) is 5.11 Å². The highest BCUT2D eigenvalue weighted by atomic mass is 16.2. The van der Waals surface area contributed by atoms with Gasteiger partial charge in [0.1, 0.15) is 0 Å². The van der Waals surface area contributed by atoms with Crippen LogP contribution >= 0.6 is 0 Å². The summed E-state index contributed by atoms with van der Waals surface area (Å²) in [6.45, 7) is 3.15. The molecular formula is C10H17N5O. The van der Waals surface area contributed by atoms with Gasteiger partial charge in [-0.05, 0) is 32.0 Å². The van der Waals surface area contributed by atoms with Gasteiger partial charge in [0.2, 0.25) is 5.91 Å². The minimum absolute atomic E-state index is 0.00438. The Balaban J connectivity index is 1.82. The second kappa shape index (κ2) is 4.72. The Labute approximate surface area is 94.8 Å². The molecule has 0 N–H and O–H groups in total. The molecule has 16 heavy (non-hydrogen) atoms. The minimum Gasteiger partial charge on any atom is -0.341 e. The largest absolute Gasteiger partial charge is 0.341 e. The zero-order valence-electron chi connectivity index (χ0n) is 9.54. The minimum atomic E-state index is -0.00438. The molecule has 0 aromatic heterocycles. The van der Waals surface area contributed by atoms with Crippen LogP contribution < -0.4 is 0 Å². The van der Waals surface area contributed by atoms with E-state index in [0.29, 0.717) is 13.1 Å². The van der Waals surface area contributed by atoms with Crippen LogP contribution in [-0.4, -0.2) is 55.0 Å². The van der Waals surface area contributed by atoms with Crippen molar-refractivity contribution in [2.24, 2.45) is 11.0 Å². The zero-order valence-corrected chi connectivity index (χ0v) is 9.54. The normalized spacial score (nSPS) is 27.1. The second-order valence-corrected chi connectivity index (χ2v) is 4.70. The number of azide groups is 1. The smallest absolute Gasteiger partial charge is 0.226 e. The number of hydrogen-bond donors (Lipinski definition) is 0. The van der Waals surface area contributed by atoms with E-state index in [0.717, 1.165) is 25.9 Å². The topological polar surface area (TPSA) is 72.3 Å². The maximum Gasteiger partial charge on any atom is 0.226 e. The average Bonchev–Trinajstić information content (AvgIpc) is 2.22. The van der Waals surface area contributed by atoms with Gasteiger partial charge in [-0.2, -0.15) is 0 Å². The molecule has 0 spiro atoms. The molecule has 0 aromatic carbocycles. The van der Waals surface area contributed by atoms with E-state index in [2.05, 4.69) is 22.0 Å². The van der Waals surface area contributed by atoms with Crippen LogP contribution in [0.2, 0.25) is 0 Å². The summed E-state index contributed by atoms with van der Waals surface area (Å²) in [6.07, 6.45) is 2.09. The van der Waals surface area contributed by atoms with Gasteiger partial charge in [0.05, 0.1) is 12.0 Å². The van der Waals surface area contributed by atoms with Crippen molar-refractivity contribution in [2.75, 3.05) is 33.2 Å². The van der Waals surface area contributed by atoms with Crippen molar-refractivity contribution in [2.45, 2.75) is 18.9 Å². The van der Waals surface area contributed by atoms with Gasteiger partial charge in [-0.25, -0.2) is 0 Å². The highest BCUT2D eigenvalue weighted by Crippen LogP contribution is 2.21. The lowest BCUT2D eigenvalue weighted by Crippen LogP contribution is -2.56. The van der Waals surface area contributed by atoms with Crippen LogP contribution in [0.5, 0.6) is 0 Å². The highest BCUT2D eigenvalue weighted by Gasteiger charge is 2.35. The van der Waals surface area contributed by atoms with Crippen LogP contribution in [0.25, 0.3) is 10.4 Å². The standard InChI is InChI=1S/C10H17N5O/c1-14-4-2-3-8(5-14)10(16)15-6-9(7-15)12-13-11/h8-9H,2-7H2,1H3/t8-/m0/s1. The molecule has 1 amide bonds. The van der Waals surface area contributed by atoms with Crippen molar-refractivity contribution in [1.29, 1.82) is 0 Å². The van der Waals surface area contributed by atoms with Gasteiger partial charge < -0.3 is 9.80 Å². The molecule has 0 bridgehead atoms. The fourth-order valence-corrected chi connectivity index (χ4v) is 2.41. The first kappa shape index (κ1) is 11.2. The number of carbonyl (C=O) groups excluding carboxylic acids is 1. The predicted octanol–water partition coefficient (Wildman–Crippen LogP) is 0.849. The Morgan fingerprint density at radius 2 is 2.19 bits per heavy atom. The van der Waals surface area contributed by atoms with Crippen LogP contribution in [0.1, 0.15) is 12.8 Å².